The molecule has 2 heterocycles. The molecule has 2 aromatic rings. The van der Waals surface area contributed by atoms with Crippen molar-refractivity contribution in [2.75, 3.05) is 25.9 Å². The molecule has 0 saturated carbocycles. The average Bonchev–Trinajstić information content (AvgIpc) is 2.75. The number of nitriles is 1. The van der Waals surface area contributed by atoms with Gasteiger partial charge in [0, 0.05) is 27.2 Å². The van der Waals surface area contributed by atoms with Crippen molar-refractivity contribution in [3.05, 3.63) is 51.5 Å². The largest absolute Gasteiger partial charge is 0.384 e. The molecule has 0 radical (unpaired) electrons. The van der Waals surface area contributed by atoms with Gasteiger partial charge in [-0.1, -0.05) is 12.1 Å². The molecule has 31 heavy (non-hydrogen) atoms. The third-order valence-electron chi connectivity index (χ3n) is 5.61. The number of rotatable bonds is 6. The van der Waals surface area contributed by atoms with Gasteiger partial charge < -0.3 is 19.6 Å². The van der Waals surface area contributed by atoms with E-state index in [9.17, 15) is 9.65 Å². The Morgan fingerprint density at radius 3 is 2.61 bits per heavy atom. The lowest BCUT2D eigenvalue weighted by molar-refractivity contribution is -0.0564. The Labute approximate surface area is 187 Å². The second-order valence-electron chi connectivity index (χ2n) is 8.07. The minimum Gasteiger partial charge on any atom is -0.384 e. The van der Waals surface area contributed by atoms with Crippen molar-refractivity contribution >= 4 is 18.0 Å². The summed E-state index contributed by atoms with van der Waals surface area (Å²) in [5, 5.41) is 9.55. The van der Waals surface area contributed by atoms with Crippen molar-refractivity contribution in [1.29, 1.82) is 5.26 Å². The van der Waals surface area contributed by atoms with Gasteiger partial charge in [0.25, 0.3) is 0 Å². The highest BCUT2D eigenvalue weighted by molar-refractivity contribution is 7.71. The summed E-state index contributed by atoms with van der Waals surface area (Å²) >= 11 is 5.39. The van der Waals surface area contributed by atoms with Crippen LogP contribution in [0, 0.1) is 21.9 Å². The molecule has 1 aromatic carbocycles. The molecule has 1 fully saturated rings. The third-order valence-corrected chi connectivity index (χ3v) is 6.16. The summed E-state index contributed by atoms with van der Waals surface area (Å²) in [7, 11) is 5.56. The maximum absolute atomic E-state index is 13.1. The summed E-state index contributed by atoms with van der Waals surface area (Å²) in [5.41, 5.74) is 7.94. The smallest absolute Gasteiger partial charge is 0.182 e. The number of likely N-dealkylation sites (N-methyl/N-ethyl adjacent to an activating group) is 1. The Kier molecular flexibility index (Phi) is 7.59. The van der Waals surface area contributed by atoms with Crippen LogP contribution in [-0.4, -0.2) is 46.4 Å². The second-order valence-corrected chi connectivity index (χ2v) is 8.44. The normalized spacial score (nSPS) is 19.5. The van der Waals surface area contributed by atoms with Crippen LogP contribution < -0.4 is 11.2 Å². The van der Waals surface area contributed by atoms with Crippen molar-refractivity contribution in [3.8, 4) is 6.07 Å². The van der Waals surface area contributed by atoms with Crippen LogP contribution in [0.5, 0.6) is 0 Å². The number of halogens is 1. The monoisotopic (exact) mass is 444 g/mol. The van der Waals surface area contributed by atoms with E-state index >= 15 is 0 Å². The molecule has 1 aliphatic heterocycles. The van der Waals surface area contributed by atoms with Crippen LogP contribution in [0.25, 0.3) is 0 Å². The maximum Gasteiger partial charge on any atom is 0.182 e. The van der Waals surface area contributed by atoms with E-state index in [1.807, 2.05) is 7.05 Å². The highest BCUT2D eigenvalue weighted by Gasteiger charge is 2.23. The van der Waals surface area contributed by atoms with Crippen LogP contribution >= 0.6 is 12.2 Å². The quantitative estimate of drug-likeness (QED) is 0.693. The number of hydrogen-bond acceptors (Lipinski definition) is 6. The summed E-state index contributed by atoms with van der Waals surface area (Å²) in [6.45, 7) is 1.97. The van der Waals surface area contributed by atoms with E-state index in [0.29, 0.717) is 28.2 Å². The van der Waals surface area contributed by atoms with E-state index in [-0.39, 0.29) is 18.0 Å². The van der Waals surface area contributed by atoms with E-state index in [2.05, 4.69) is 16.0 Å². The summed E-state index contributed by atoms with van der Waals surface area (Å²) in [5.74, 6) is 0.0906. The molecule has 2 atom stereocenters. The highest BCUT2D eigenvalue weighted by atomic mass is 32.1. The zero-order valence-electron chi connectivity index (χ0n) is 18.2. The predicted octanol–water partition coefficient (Wildman–Crippen LogP) is 2.66. The number of nitrogens with two attached hydrogens (primary N) is 1. The standard InChI is InChI=1S/C22H29FN6OS/c1-27(13-15-7-9-16(23)10-8-15)14-18-6-4-5-17(30-18)12-26-21-19(11-24)20(25)28(2)22(31)29(21)3/h7-10,17-18H,4-6,12-14,25H2,1-3H3/t17-,18+/m1/s1. The van der Waals surface area contributed by atoms with E-state index in [4.69, 9.17) is 22.7 Å². The second kappa shape index (κ2) is 10.2. The third kappa shape index (κ3) is 5.58. The fourth-order valence-electron chi connectivity index (χ4n) is 3.91. The molecule has 9 heteroatoms. The molecule has 0 bridgehead atoms. The SMILES string of the molecule is CN(Cc1ccc(F)cc1)C[C@@H]1CCC[C@H](CN=c2c(C#N)c(N)n(C)c(=S)n2C)O1. The molecule has 166 valence electrons. The zero-order chi connectivity index (χ0) is 22.5. The first kappa shape index (κ1) is 23.1. The molecule has 0 unspecified atom stereocenters. The van der Waals surface area contributed by atoms with E-state index < -0.39 is 0 Å². The van der Waals surface area contributed by atoms with Gasteiger partial charge in [-0.3, -0.25) is 9.89 Å². The van der Waals surface area contributed by atoms with Crippen molar-refractivity contribution in [2.24, 2.45) is 19.1 Å². The first-order valence-corrected chi connectivity index (χ1v) is 10.8. The number of aromatic nitrogens is 2. The lowest BCUT2D eigenvalue weighted by Gasteiger charge is -2.32. The van der Waals surface area contributed by atoms with Crippen molar-refractivity contribution in [2.45, 2.75) is 38.0 Å². The van der Waals surface area contributed by atoms with Gasteiger partial charge in [0.1, 0.15) is 23.3 Å². The number of nitrogen functional groups attached to an aromatic ring is 1. The van der Waals surface area contributed by atoms with E-state index in [1.54, 1.807) is 35.4 Å². The van der Waals surface area contributed by atoms with Crippen molar-refractivity contribution in [1.82, 2.24) is 14.0 Å². The average molecular weight is 445 g/mol. The Morgan fingerprint density at radius 1 is 1.26 bits per heavy atom. The van der Waals surface area contributed by atoms with Crippen LogP contribution in [0.15, 0.2) is 29.3 Å². The van der Waals surface area contributed by atoms with E-state index in [0.717, 1.165) is 37.9 Å². The molecular weight excluding hydrogens is 415 g/mol. The molecule has 2 N–H and O–H groups in total. The topological polar surface area (TPSA) is 84.5 Å². The molecule has 1 saturated heterocycles. The van der Waals surface area contributed by atoms with Gasteiger partial charge in [-0.2, -0.15) is 5.26 Å². The van der Waals surface area contributed by atoms with Crippen LogP contribution in [-0.2, 0) is 25.4 Å². The molecule has 0 aliphatic carbocycles. The van der Waals surface area contributed by atoms with Crippen LogP contribution in [0.3, 0.4) is 0 Å². The fourth-order valence-corrected chi connectivity index (χ4v) is 4.10. The number of nitrogens with zero attached hydrogens (tertiary/aromatic N) is 5. The van der Waals surface area contributed by atoms with Crippen LogP contribution in [0.2, 0.25) is 0 Å². The van der Waals surface area contributed by atoms with Gasteiger partial charge in [-0.25, -0.2) is 4.39 Å². The van der Waals surface area contributed by atoms with Gasteiger partial charge in [-0.05, 0) is 56.2 Å². The molecule has 7 nitrogen and oxygen atoms in total. The minimum absolute atomic E-state index is 0.0201. The van der Waals surface area contributed by atoms with Crippen molar-refractivity contribution < 1.29 is 9.13 Å². The fraction of sp³-hybridized carbons (Fsp3) is 0.500. The first-order valence-electron chi connectivity index (χ1n) is 10.3. The summed E-state index contributed by atoms with van der Waals surface area (Å²) in [4.78, 5) is 6.85. The van der Waals surface area contributed by atoms with Crippen LogP contribution in [0.4, 0.5) is 10.2 Å². The minimum atomic E-state index is -0.223. The molecule has 0 amide bonds. The Hall–Kier alpha value is -2.54. The molecule has 1 aromatic heterocycles. The summed E-state index contributed by atoms with van der Waals surface area (Å²) < 4.78 is 23.2. The Balaban J connectivity index is 1.66. The predicted molar refractivity (Wildman–Crippen MR) is 120 cm³/mol. The van der Waals surface area contributed by atoms with Gasteiger partial charge in [-0.15, -0.1) is 0 Å². The van der Waals surface area contributed by atoms with Crippen molar-refractivity contribution in [3.63, 3.8) is 0 Å². The molecule has 0 spiro atoms. The lowest BCUT2D eigenvalue weighted by atomic mass is 10.0. The van der Waals surface area contributed by atoms with Gasteiger partial charge in [0.15, 0.2) is 10.3 Å². The van der Waals surface area contributed by atoms with Crippen LogP contribution in [0.1, 0.15) is 30.4 Å². The number of benzene rings is 1. The first-order chi connectivity index (χ1) is 14.8. The van der Waals surface area contributed by atoms with Gasteiger partial charge in [0.2, 0.25) is 0 Å². The molecule has 1 aliphatic rings. The van der Waals surface area contributed by atoms with Gasteiger partial charge >= 0.3 is 0 Å². The summed E-state index contributed by atoms with van der Waals surface area (Å²) in [6.07, 6.45) is 3.06. The number of ether oxygens (including phenoxy) is 1. The lowest BCUT2D eigenvalue weighted by Crippen LogP contribution is -2.38. The highest BCUT2D eigenvalue weighted by Crippen LogP contribution is 2.20. The number of hydrogen-bond donors (Lipinski definition) is 1. The Morgan fingerprint density at radius 2 is 1.94 bits per heavy atom. The Bertz CT molecular complexity index is 1090. The summed E-state index contributed by atoms with van der Waals surface area (Å²) in [6, 6.07) is 8.73. The number of anilines is 1. The molecular formula is C22H29FN6OS. The molecule has 3 rings (SSSR count). The maximum atomic E-state index is 13.1. The van der Waals surface area contributed by atoms with Gasteiger partial charge in [0.05, 0.1) is 18.8 Å². The van der Waals surface area contributed by atoms with E-state index in [1.165, 1.54) is 12.1 Å². The zero-order valence-corrected chi connectivity index (χ0v) is 19.0.